The largest absolute Gasteiger partial charge is 0.462 e. The first-order valence-corrected chi connectivity index (χ1v) is 9.45. The average Bonchev–Trinajstić information content (AvgIpc) is 3.05. The summed E-state index contributed by atoms with van der Waals surface area (Å²) in [7, 11) is 0. The third kappa shape index (κ3) is 4.73. The lowest BCUT2D eigenvalue weighted by atomic mass is 9.81. The standard InChI is InChI=1S/C20H34O4/c1-7-14(12-20(5,6)18(22)24-19(2,3)4)17(21)23-16-11-13-8-9-15(16)10-13/h13-16H,7-12H2,1-6H3. The van der Waals surface area contributed by atoms with E-state index < -0.39 is 11.0 Å². The van der Waals surface area contributed by atoms with Crippen LogP contribution in [0.2, 0.25) is 0 Å². The summed E-state index contributed by atoms with van der Waals surface area (Å²) in [6.45, 7) is 11.3. The van der Waals surface area contributed by atoms with E-state index in [0.717, 1.165) is 12.3 Å². The van der Waals surface area contributed by atoms with Crippen molar-refractivity contribution in [1.82, 2.24) is 0 Å². The van der Waals surface area contributed by atoms with Gasteiger partial charge in [-0.2, -0.15) is 0 Å². The summed E-state index contributed by atoms with van der Waals surface area (Å²) >= 11 is 0. The summed E-state index contributed by atoms with van der Waals surface area (Å²) in [6, 6.07) is 0. The fraction of sp³-hybridized carbons (Fsp3) is 0.900. The van der Waals surface area contributed by atoms with Crippen LogP contribution in [0.15, 0.2) is 0 Å². The van der Waals surface area contributed by atoms with E-state index in [1.165, 1.54) is 19.3 Å². The molecule has 0 heterocycles. The van der Waals surface area contributed by atoms with Gasteiger partial charge in [0, 0.05) is 0 Å². The van der Waals surface area contributed by atoms with Crippen LogP contribution in [0.4, 0.5) is 0 Å². The van der Waals surface area contributed by atoms with Crippen LogP contribution in [0.3, 0.4) is 0 Å². The molecule has 2 bridgehead atoms. The minimum Gasteiger partial charge on any atom is -0.462 e. The predicted octanol–water partition coefficient (Wildman–Crippen LogP) is 4.50. The molecule has 2 fully saturated rings. The number of hydrogen-bond acceptors (Lipinski definition) is 4. The molecule has 138 valence electrons. The van der Waals surface area contributed by atoms with Crippen molar-refractivity contribution in [3.8, 4) is 0 Å². The summed E-state index contributed by atoms with van der Waals surface area (Å²) in [4.78, 5) is 25.0. The van der Waals surface area contributed by atoms with Crippen LogP contribution < -0.4 is 0 Å². The van der Waals surface area contributed by atoms with Crippen molar-refractivity contribution in [1.29, 1.82) is 0 Å². The Morgan fingerprint density at radius 2 is 1.75 bits per heavy atom. The highest BCUT2D eigenvalue weighted by molar-refractivity contribution is 5.78. The SMILES string of the molecule is CCC(CC(C)(C)C(=O)OC(C)(C)C)C(=O)OC1CC2CCC1C2. The number of rotatable bonds is 6. The van der Waals surface area contributed by atoms with E-state index >= 15 is 0 Å². The first-order chi connectivity index (χ1) is 11.0. The van der Waals surface area contributed by atoms with E-state index in [2.05, 4.69) is 0 Å². The van der Waals surface area contributed by atoms with Crippen molar-refractivity contribution in [2.45, 2.75) is 91.8 Å². The highest BCUT2D eigenvalue weighted by Gasteiger charge is 2.43. The zero-order chi connectivity index (χ0) is 18.1. The highest BCUT2D eigenvalue weighted by Crippen LogP contribution is 2.46. The monoisotopic (exact) mass is 338 g/mol. The maximum atomic E-state index is 12.6. The van der Waals surface area contributed by atoms with Gasteiger partial charge in [0.2, 0.25) is 0 Å². The smallest absolute Gasteiger partial charge is 0.312 e. The predicted molar refractivity (Wildman–Crippen MR) is 93.4 cm³/mol. The van der Waals surface area contributed by atoms with Crippen LogP contribution in [-0.4, -0.2) is 23.6 Å². The van der Waals surface area contributed by atoms with Crippen molar-refractivity contribution >= 4 is 11.9 Å². The number of hydrogen-bond donors (Lipinski definition) is 0. The first kappa shape index (κ1) is 19.3. The Labute approximate surface area is 146 Å². The molecule has 0 aromatic rings. The van der Waals surface area contributed by atoms with Crippen LogP contribution >= 0.6 is 0 Å². The van der Waals surface area contributed by atoms with Gasteiger partial charge in [0.25, 0.3) is 0 Å². The summed E-state index contributed by atoms with van der Waals surface area (Å²) in [5, 5.41) is 0. The molecule has 4 heteroatoms. The Morgan fingerprint density at radius 1 is 1.08 bits per heavy atom. The van der Waals surface area contributed by atoms with Gasteiger partial charge in [0.1, 0.15) is 11.7 Å². The van der Waals surface area contributed by atoms with Gasteiger partial charge in [-0.1, -0.05) is 6.92 Å². The second-order valence-corrected chi connectivity index (χ2v) is 9.35. The molecule has 4 nitrogen and oxygen atoms in total. The van der Waals surface area contributed by atoms with E-state index in [1.807, 2.05) is 41.5 Å². The molecule has 4 atom stereocenters. The van der Waals surface area contributed by atoms with Crippen molar-refractivity contribution in [2.24, 2.45) is 23.2 Å². The minimum atomic E-state index is -0.693. The molecule has 2 saturated carbocycles. The Kier molecular flexibility index (Phi) is 5.66. The molecule has 2 aliphatic rings. The molecule has 0 aromatic heterocycles. The van der Waals surface area contributed by atoms with Crippen molar-refractivity contribution in [3.63, 3.8) is 0 Å². The summed E-state index contributed by atoms with van der Waals surface area (Å²) in [5.74, 6) is 0.695. The minimum absolute atomic E-state index is 0.106. The van der Waals surface area contributed by atoms with Gasteiger partial charge < -0.3 is 9.47 Å². The maximum absolute atomic E-state index is 12.6. The molecular weight excluding hydrogens is 304 g/mol. The van der Waals surface area contributed by atoms with Gasteiger partial charge in [0.05, 0.1) is 11.3 Å². The molecule has 2 aliphatic carbocycles. The molecule has 4 unspecified atom stereocenters. The number of fused-ring (bicyclic) bond motifs is 2. The zero-order valence-electron chi connectivity index (χ0n) is 16.2. The molecule has 0 radical (unpaired) electrons. The molecule has 0 aliphatic heterocycles. The lowest BCUT2D eigenvalue weighted by Gasteiger charge is -2.31. The Balaban J connectivity index is 1.92. The number of esters is 2. The lowest BCUT2D eigenvalue weighted by Crippen LogP contribution is -2.37. The third-order valence-corrected chi connectivity index (χ3v) is 5.48. The van der Waals surface area contributed by atoms with Gasteiger partial charge in [-0.05, 0) is 85.0 Å². The Bertz CT molecular complexity index is 475. The Morgan fingerprint density at radius 3 is 2.21 bits per heavy atom. The van der Waals surface area contributed by atoms with Gasteiger partial charge in [-0.15, -0.1) is 0 Å². The Hall–Kier alpha value is -1.06. The van der Waals surface area contributed by atoms with Crippen LogP contribution in [0.5, 0.6) is 0 Å². The summed E-state index contributed by atoms with van der Waals surface area (Å²) in [5.41, 5.74) is -1.21. The van der Waals surface area contributed by atoms with Crippen LogP contribution in [0.1, 0.15) is 80.1 Å². The van der Waals surface area contributed by atoms with E-state index in [4.69, 9.17) is 9.47 Å². The van der Waals surface area contributed by atoms with E-state index in [0.29, 0.717) is 18.8 Å². The van der Waals surface area contributed by atoms with Gasteiger partial charge in [0.15, 0.2) is 0 Å². The quantitative estimate of drug-likeness (QED) is 0.669. The first-order valence-electron chi connectivity index (χ1n) is 9.45. The van der Waals surface area contributed by atoms with Crippen LogP contribution in [0.25, 0.3) is 0 Å². The molecule has 0 spiro atoms. The van der Waals surface area contributed by atoms with Crippen molar-refractivity contribution in [2.75, 3.05) is 0 Å². The van der Waals surface area contributed by atoms with Gasteiger partial charge in [-0.25, -0.2) is 0 Å². The van der Waals surface area contributed by atoms with E-state index in [-0.39, 0.29) is 24.0 Å². The van der Waals surface area contributed by atoms with Crippen molar-refractivity contribution < 1.29 is 19.1 Å². The number of carbonyl (C=O) groups is 2. The normalized spacial score (nSPS) is 27.8. The fourth-order valence-corrected chi connectivity index (χ4v) is 4.09. The molecule has 0 amide bonds. The van der Waals surface area contributed by atoms with E-state index in [1.54, 1.807) is 0 Å². The lowest BCUT2D eigenvalue weighted by molar-refractivity contribution is -0.168. The second kappa shape index (κ2) is 7.05. The number of carbonyl (C=O) groups excluding carboxylic acids is 2. The fourth-order valence-electron chi connectivity index (χ4n) is 4.09. The molecule has 0 saturated heterocycles. The van der Waals surface area contributed by atoms with Crippen LogP contribution in [-0.2, 0) is 19.1 Å². The third-order valence-electron chi connectivity index (χ3n) is 5.48. The molecule has 0 N–H and O–H groups in total. The van der Waals surface area contributed by atoms with Gasteiger partial charge in [-0.3, -0.25) is 9.59 Å². The summed E-state index contributed by atoms with van der Waals surface area (Å²) in [6.07, 6.45) is 6.00. The topological polar surface area (TPSA) is 52.6 Å². The maximum Gasteiger partial charge on any atom is 0.312 e. The number of ether oxygens (including phenoxy) is 2. The van der Waals surface area contributed by atoms with Gasteiger partial charge >= 0.3 is 11.9 Å². The summed E-state index contributed by atoms with van der Waals surface area (Å²) < 4.78 is 11.3. The zero-order valence-corrected chi connectivity index (χ0v) is 16.2. The highest BCUT2D eigenvalue weighted by atomic mass is 16.6. The average molecular weight is 338 g/mol. The van der Waals surface area contributed by atoms with Crippen molar-refractivity contribution in [3.05, 3.63) is 0 Å². The molecule has 24 heavy (non-hydrogen) atoms. The second-order valence-electron chi connectivity index (χ2n) is 9.35. The molecular formula is C20H34O4. The van der Waals surface area contributed by atoms with Crippen LogP contribution in [0, 0.1) is 23.2 Å². The molecule has 0 aromatic carbocycles. The van der Waals surface area contributed by atoms with E-state index in [9.17, 15) is 9.59 Å². The molecule has 2 rings (SSSR count).